The van der Waals surface area contributed by atoms with E-state index in [1.807, 2.05) is 0 Å². The maximum Gasteiger partial charge on any atom is 0.258 e. The Morgan fingerprint density at radius 3 is 2.80 bits per heavy atom. The van der Waals surface area contributed by atoms with Gasteiger partial charge in [0.1, 0.15) is 16.8 Å². The molecule has 20 heavy (non-hydrogen) atoms. The van der Waals surface area contributed by atoms with Crippen molar-refractivity contribution in [2.45, 2.75) is 0 Å². The van der Waals surface area contributed by atoms with Crippen LogP contribution in [0.4, 0.5) is 15.9 Å². The maximum absolute atomic E-state index is 13.2. The van der Waals surface area contributed by atoms with Crippen molar-refractivity contribution in [3.05, 3.63) is 52.9 Å². The highest BCUT2D eigenvalue weighted by Crippen LogP contribution is 2.19. The minimum Gasteiger partial charge on any atom is -0.311 e. The average molecular weight is 295 g/mol. The lowest BCUT2D eigenvalue weighted by atomic mass is 10.2. The van der Waals surface area contributed by atoms with Gasteiger partial charge in [-0.2, -0.15) is 0 Å². The van der Waals surface area contributed by atoms with Crippen LogP contribution in [0.25, 0.3) is 0 Å². The Balaban J connectivity index is 2.33. The van der Waals surface area contributed by atoms with E-state index in [9.17, 15) is 9.18 Å². The Morgan fingerprint density at radius 2 is 2.15 bits per heavy atom. The summed E-state index contributed by atoms with van der Waals surface area (Å²) >= 11 is 5.81. The summed E-state index contributed by atoms with van der Waals surface area (Å²) in [6, 6.07) is 8.61. The molecule has 0 spiro atoms. The smallest absolute Gasteiger partial charge is 0.258 e. The third-order valence-electron chi connectivity index (χ3n) is 2.69. The van der Waals surface area contributed by atoms with Crippen molar-refractivity contribution in [3.63, 3.8) is 0 Å². The van der Waals surface area contributed by atoms with Crippen LogP contribution in [0.3, 0.4) is 0 Å². The predicted octanol–water partition coefficient (Wildman–Crippen LogP) is 2.44. The van der Waals surface area contributed by atoms with Crippen LogP contribution in [0, 0.1) is 5.82 Å². The van der Waals surface area contributed by atoms with Crippen LogP contribution in [-0.4, -0.2) is 17.9 Å². The van der Waals surface area contributed by atoms with E-state index in [0.29, 0.717) is 11.3 Å². The molecular formula is C13H12ClFN4O. The number of halogens is 2. The molecule has 0 saturated carbocycles. The Kier molecular flexibility index (Phi) is 4.16. The van der Waals surface area contributed by atoms with E-state index >= 15 is 0 Å². The van der Waals surface area contributed by atoms with E-state index in [1.165, 1.54) is 35.2 Å². The highest BCUT2D eigenvalue weighted by molar-refractivity contribution is 6.30. The third kappa shape index (κ3) is 3.04. The predicted molar refractivity (Wildman–Crippen MR) is 76.2 cm³/mol. The molecule has 0 aliphatic rings. The monoisotopic (exact) mass is 294 g/mol. The molecule has 3 N–H and O–H groups in total. The van der Waals surface area contributed by atoms with Crippen LogP contribution in [0.5, 0.6) is 0 Å². The summed E-state index contributed by atoms with van der Waals surface area (Å²) in [6.45, 7) is 0. The maximum atomic E-state index is 13.2. The van der Waals surface area contributed by atoms with E-state index in [4.69, 9.17) is 17.4 Å². The van der Waals surface area contributed by atoms with E-state index in [0.717, 1.165) is 0 Å². The lowest BCUT2D eigenvalue weighted by Crippen LogP contribution is -2.26. The normalized spacial score (nSPS) is 10.2. The molecule has 0 bridgehead atoms. The largest absolute Gasteiger partial charge is 0.311 e. The van der Waals surface area contributed by atoms with Gasteiger partial charge >= 0.3 is 0 Å². The molecule has 0 fully saturated rings. The first-order chi connectivity index (χ1) is 9.51. The van der Waals surface area contributed by atoms with Gasteiger partial charge in [-0.1, -0.05) is 17.7 Å². The fourth-order valence-corrected chi connectivity index (χ4v) is 1.90. The van der Waals surface area contributed by atoms with Crippen LogP contribution in [0.1, 0.15) is 10.4 Å². The molecule has 1 aromatic heterocycles. The van der Waals surface area contributed by atoms with Crippen molar-refractivity contribution in [2.24, 2.45) is 5.84 Å². The van der Waals surface area contributed by atoms with Gasteiger partial charge in [-0.15, -0.1) is 0 Å². The van der Waals surface area contributed by atoms with Gasteiger partial charge in [0.25, 0.3) is 5.91 Å². The van der Waals surface area contributed by atoms with Gasteiger partial charge in [0.05, 0.1) is 0 Å². The van der Waals surface area contributed by atoms with Gasteiger partial charge in [-0.3, -0.25) is 4.79 Å². The Labute approximate surface area is 120 Å². The van der Waals surface area contributed by atoms with E-state index in [-0.39, 0.29) is 16.9 Å². The van der Waals surface area contributed by atoms with E-state index in [2.05, 4.69) is 10.4 Å². The number of nitrogens with zero attached hydrogens (tertiary/aromatic N) is 2. The molecule has 104 valence electrons. The first kappa shape index (κ1) is 14.2. The minimum absolute atomic E-state index is 0.136. The van der Waals surface area contributed by atoms with Crippen LogP contribution < -0.4 is 16.2 Å². The molecule has 1 aromatic carbocycles. The Morgan fingerprint density at radius 1 is 1.40 bits per heavy atom. The molecule has 0 radical (unpaired) electrons. The van der Waals surface area contributed by atoms with Crippen molar-refractivity contribution in [3.8, 4) is 0 Å². The molecule has 1 amide bonds. The molecule has 5 nitrogen and oxygen atoms in total. The highest BCUT2D eigenvalue weighted by atomic mass is 35.5. The third-order valence-corrected chi connectivity index (χ3v) is 2.88. The summed E-state index contributed by atoms with van der Waals surface area (Å²) in [5.74, 6) is 4.75. The summed E-state index contributed by atoms with van der Waals surface area (Å²) in [6.07, 6.45) is 0. The van der Waals surface area contributed by atoms with Crippen LogP contribution in [0.15, 0.2) is 36.4 Å². The zero-order valence-electron chi connectivity index (χ0n) is 10.6. The Hall–Kier alpha value is -2.18. The number of benzene rings is 1. The number of nitrogen functional groups attached to an aromatic ring is 1. The first-order valence-corrected chi connectivity index (χ1v) is 6.07. The molecule has 2 aromatic rings. The number of nitrogens with one attached hydrogen (secondary N) is 1. The number of anilines is 2. The highest BCUT2D eigenvalue weighted by Gasteiger charge is 2.15. The number of rotatable bonds is 3. The number of carbonyl (C=O) groups excluding carboxylic acids is 1. The number of hydrogen-bond acceptors (Lipinski definition) is 4. The second kappa shape index (κ2) is 5.85. The summed E-state index contributed by atoms with van der Waals surface area (Å²) < 4.78 is 13.2. The van der Waals surface area contributed by atoms with Crippen molar-refractivity contribution in [1.82, 2.24) is 4.98 Å². The van der Waals surface area contributed by atoms with Gasteiger partial charge in [-0.05, 0) is 30.3 Å². The molecular weight excluding hydrogens is 283 g/mol. The number of amides is 1. The second-order valence-electron chi connectivity index (χ2n) is 4.05. The number of nitrogens with two attached hydrogens (primary N) is 1. The molecule has 0 unspecified atom stereocenters. The van der Waals surface area contributed by atoms with Gasteiger partial charge in [-0.25, -0.2) is 15.2 Å². The minimum atomic E-state index is -0.417. The number of hydrogen-bond donors (Lipinski definition) is 2. The van der Waals surface area contributed by atoms with Crippen molar-refractivity contribution in [2.75, 3.05) is 17.4 Å². The number of carbonyl (C=O) groups is 1. The van der Waals surface area contributed by atoms with Crippen molar-refractivity contribution in [1.29, 1.82) is 0 Å². The standard InChI is InChI=1S/C13H12ClFN4O/c1-19(10-4-2-3-9(15)7-10)13(20)8-5-11(14)17-12(6-8)18-16/h2-7H,16H2,1H3,(H,17,18). The van der Waals surface area contributed by atoms with Crippen LogP contribution in [0.2, 0.25) is 5.15 Å². The molecule has 0 aliphatic heterocycles. The Bertz CT molecular complexity index is 650. The SMILES string of the molecule is CN(C(=O)c1cc(Cl)nc(NN)c1)c1cccc(F)c1. The zero-order valence-corrected chi connectivity index (χ0v) is 11.4. The van der Waals surface area contributed by atoms with Gasteiger partial charge < -0.3 is 10.3 Å². The quantitative estimate of drug-likeness (QED) is 0.518. The number of aromatic nitrogens is 1. The zero-order chi connectivity index (χ0) is 14.7. The second-order valence-corrected chi connectivity index (χ2v) is 4.44. The molecule has 7 heteroatoms. The summed E-state index contributed by atoms with van der Waals surface area (Å²) in [7, 11) is 1.54. The van der Waals surface area contributed by atoms with Gasteiger partial charge in [0.15, 0.2) is 0 Å². The summed E-state index contributed by atoms with van der Waals surface area (Å²) in [4.78, 5) is 17.5. The molecule has 0 saturated heterocycles. The number of hydrazine groups is 1. The summed E-state index contributed by atoms with van der Waals surface area (Å²) in [5.41, 5.74) is 3.06. The molecule has 0 aliphatic carbocycles. The van der Waals surface area contributed by atoms with Crippen LogP contribution in [-0.2, 0) is 0 Å². The first-order valence-electron chi connectivity index (χ1n) is 5.69. The average Bonchev–Trinajstić information content (AvgIpc) is 2.45. The fourth-order valence-electron chi connectivity index (χ4n) is 1.69. The number of pyridine rings is 1. The van der Waals surface area contributed by atoms with Gasteiger partial charge in [0.2, 0.25) is 0 Å². The van der Waals surface area contributed by atoms with Crippen molar-refractivity contribution >= 4 is 29.0 Å². The summed E-state index contributed by atoms with van der Waals surface area (Å²) in [5, 5.41) is 0.136. The van der Waals surface area contributed by atoms with E-state index in [1.54, 1.807) is 13.1 Å². The van der Waals surface area contributed by atoms with Crippen molar-refractivity contribution < 1.29 is 9.18 Å². The lowest BCUT2D eigenvalue weighted by Gasteiger charge is -2.17. The molecule has 1 heterocycles. The lowest BCUT2D eigenvalue weighted by molar-refractivity contribution is 0.0993. The van der Waals surface area contributed by atoms with Crippen LogP contribution >= 0.6 is 11.6 Å². The molecule has 2 rings (SSSR count). The fraction of sp³-hybridized carbons (Fsp3) is 0.0769. The topological polar surface area (TPSA) is 71.2 Å². The molecule has 0 atom stereocenters. The van der Waals surface area contributed by atoms with Gasteiger partial charge in [0, 0.05) is 18.3 Å². The van der Waals surface area contributed by atoms with E-state index < -0.39 is 5.82 Å².